The number of Topliss-reactive ketones (excluding diaryl/α,β-unsaturated/α-hetero) is 1. The maximum absolute atomic E-state index is 12.8. The molecule has 0 bridgehead atoms. The minimum Gasteiger partial charge on any atom is -0.299 e. The topological polar surface area (TPSA) is 17.1 Å². The van der Waals surface area contributed by atoms with Crippen molar-refractivity contribution in [2.45, 2.75) is 110 Å². The largest absolute Gasteiger partial charge is 0.299 e. The summed E-state index contributed by atoms with van der Waals surface area (Å²) in [7, 11) is 0. The Labute approximate surface area is 178 Å². The molecule has 2 rings (SSSR count). The molecule has 0 aliphatic heterocycles. The van der Waals surface area contributed by atoms with E-state index in [4.69, 9.17) is 11.6 Å². The highest BCUT2D eigenvalue weighted by Crippen LogP contribution is 2.40. The number of unbranched alkanes of at least 4 members (excludes halogenated alkanes) is 11. The van der Waals surface area contributed by atoms with Crippen LogP contribution in [0, 0.1) is 11.8 Å². The molecule has 0 radical (unpaired) electrons. The number of ketones is 1. The Morgan fingerprint density at radius 2 is 1.36 bits per heavy atom. The zero-order chi connectivity index (χ0) is 20.0. The normalized spacial score (nSPS) is 14.9. The standard InChI is InChI=1S/C26H41ClO/c1-2-3-4-5-6-7-8-9-10-11-12-13-14-25(23-17-18-23)26(28)21-22-15-19-24(27)20-16-22/h15-16,19-20,23,25H,2-14,17-18,21H2,1H3. The summed E-state index contributed by atoms with van der Waals surface area (Å²) in [5.41, 5.74) is 1.11. The van der Waals surface area contributed by atoms with Gasteiger partial charge in [0, 0.05) is 17.4 Å². The van der Waals surface area contributed by atoms with Gasteiger partial charge in [-0.1, -0.05) is 108 Å². The number of hydrogen-bond acceptors (Lipinski definition) is 1. The highest BCUT2D eigenvalue weighted by Gasteiger charge is 2.35. The van der Waals surface area contributed by atoms with Gasteiger partial charge in [0.2, 0.25) is 0 Å². The Balaban J connectivity index is 1.51. The zero-order valence-corrected chi connectivity index (χ0v) is 18.8. The summed E-state index contributed by atoms with van der Waals surface area (Å²) in [4.78, 5) is 12.8. The van der Waals surface area contributed by atoms with Gasteiger partial charge in [-0.2, -0.15) is 0 Å². The van der Waals surface area contributed by atoms with E-state index in [0.29, 0.717) is 24.0 Å². The number of hydrogen-bond donors (Lipinski definition) is 0. The van der Waals surface area contributed by atoms with Gasteiger partial charge in [-0.3, -0.25) is 4.79 Å². The van der Waals surface area contributed by atoms with Crippen LogP contribution in [0.1, 0.15) is 109 Å². The molecule has 1 aromatic rings. The van der Waals surface area contributed by atoms with Gasteiger partial charge in [0.25, 0.3) is 0 Å². The molecule has 158 valence electrons. The van der Waals surface area contributed by atoms with Crippen molar-refractivity contribution in [2.24, 2.45) is 11.8 Å². The number of carbonyl (C=O) groups is 1. The van der Waals surface area contributed by atoms with Crippen molar-refractivity contribution in [1.29, 1.82) is 0 Å². The van der Waals surface area contributed by atoms with Crippen LogP contribution in [0.15, 0.2) is 24.3 Å². The fourth-order valence-corrected chi connectivity index (χ4v) is 4.42. The number of carbonyl (C=O) groups excluding carboxylic acids is 1. The van der Waals surface area contributed by atoms with Crippen molar-refractivity contribution in [3.05, 3.63) is 34.9 Å². The highest BCUT2D eigenvalue weighted by atomic mass is 35.5. The Kier molecular flexibility index (Phi) is 11.9. The molecule has 0 amide bonds. The van der Waals surface area contributed by atoms with Gasteiger partial charge < -0.3 is 0 Å². The number of halogens is 1. The summed E-state index contributed by atoms with van der Waals surface area (Å²) >= 11 is 5.95. The lowest BCUT2D eigenvalue weighted by atomic mass is 9.88. The predicted molar refractivity (Wildman–Crippen MR) is 122 cm³/mol. The molecule has 0 spiro atoms. The number of rotatable bonds is 17. The van der Waals surface area contributed by atoms with E-state index in [2.05, 4.69) is 6.92 Å². The summed E-state index contributed by atoms with van der Waals surface area (Å²) < 4.78 is 0. The van der Waals surface area contributed by atoms with Crippen LogP contribution in [-0.4, -0.2) is 5.78 Å². The van der Waals surface area contributed by atoms with Crippen LogP contribution in [-0.2, 0) is 11.2 Å². The van der Waals surface area contributed by atoms with Gasteiger partial charge in [-0.15, -0.1) is 0 Å². The van der Waals surface area contributed by atoms with Crippen LogP contribution in [0.3, 0.4) is 0 Å². The van der Waals surface area contributed by atoms with E-state index in [9.17, 15) is 4.79 Å². The molecular formula is C26H41ClO. The summed E-state index contributed by atoms with van der Waals surface area (Å²) in [5.74, 6) is 1.43. The van der Waals surface area contributed by atoms with E-state index >= 15 is 0 Å². The average molecular weight is 405 g/mol. The molecule has 0 N–H and O–H groups in total. The minimum absolute atomic E-state index is 0.304. The summed E-state index contributed by atoms with van der Waals surface area (Å²) in [6, 6.07) is 7.77. The lowest BCUT2D eigenvalue weighted by molar-refractivity contribution is -0.123. The molecular weight excluding hydrogens is 364 g/mol. The molecule has 1 unspecified atom stereocenters. The van der Waals surface area contributed by atoms with Gasteiger partial charge in [-0.05, 0) is 42.9 Å². The molecule has 1 aliphatic carbocycles. The van der Waals surface area contributed by atoms with E-state index in [1.54, 1.807) is 0 Å². The molecule has 2 heteroatoms. The molecule has 0 heterocycles. The Morgan fingerprint density at radius 1 is 0.857 bits per heavy atom. The van der Waals surface area contributed by atoms with E-state index in [1.807, 2.05) is 24.3 Å². The first-order valence-corrected chi connectivity index (χ1v) is 12.4. The van der Waals surface area contributed by atoms with E-state index in [-0.39, 0.29) is 0 Å². The van der Waals surface area contributed by atoms with Crippen LogP contribution < -0.4 is 0 Å². The second-order valence-corrected chi connectivity index (χ2v) is 9.33. The van der Waals surface area contributed by atoms with Gasteiger partial charge >= 0.3 is 0 Å². The van der Waals surface area contributed by atoms with Gasteiger partial charge in [0.1, 0.15) is 5.78 Å². The maximum atomic E-state index is 12.8. The van der Waals surface area contributed by atoms with Crippen molar-refractivity contribution in [3.8, 4) is 0 Å². The second kappa shape index (κ2) is 14.2. The molecule has 1 aromatic carbocycles. The molecule has 0 aromatic heterocycles. The maximum Gasteiger partial charge on any atom is 0.140 e. The first-order valence-electron chi connectivity index (χ1n) is 12.0. The van der Waals surface area contributed by atoms with Gasteiger partial charge in [0.15, 0.2) is 0 Å². The van der Waals surface area contributed by atoms with Crippen molar-refractivity contribution in [2.75, 3.05) is 0 Å². The average Bonchev–Trinajstić information content (AvgIpc) is 3.52. The van der Waals surface area contributed by atoms with Crippen LogP contribution in [0.2, 0.25) is 5.02 Å². The third kappa shape index (κ3) is 10.1. The smallest absolute Gasteiger partial charge is 0.140 e. The van der Waals surface area contributed by atoms with Crippen molar-refractivity contribution < 1.29 is 4.79 Å². The predicted octanol–water partition coefficient (Wildman–Crippen LogP) is 8.57. The van der Waals surface area contributed by atoms with E-state index in [1.165, 1.54) is 89.9 Å². The molecule has 28 heavy (non-hydrogen) atoms. The monoisotopic (exact) mass is 404 g/mol. The second-order valence-electron chi connectivity index (χ2n) is 8.89. The Morgan fingerprint density at radius 3 is 1.86 bits per heavy atom. The van der Waals surface area contributed by atoms with Crippen molar-refractivity contribution >= 4 is 17.4 Å². The van der Waals surface area contributed by atoms with Gasteiger partial charge in [0.05, 0.1) is 0 Å². The quantitative estimate of drug-likeness (QED) is 0.237. The van der Waals surface area contributed by atoms with Gasteiger partial charge in [-0.25, -0.2) is 0 Å². The van der Waals surface area contributed by atoms with Crippen LogP contribution in [0.25, 0.3) is 0 Å². The van der Waals surface area contributed by atoms with Crippen molar-refractivity contribution in [3.63, 3.8) is 0 Å². The summed E-state index contributed by atoms with van der Waals surface area (Å²) in [5, 5.41) is 0.742. The van der Waals surface area contributed by atoms with E-state index in [0.717, 1.165) is 17.0 Å². The summed E-state index contributed by atoms with van der Waals surface area (Å²) in [6.45, 7) is 2.28. The van der Waals surface area contributed by atoms with Crippen LogP contribution in [0.4, 0.5) is 0 Å². The fourth-order valence-electron chi connectivity index (χ4n) is 4.30. The Hall–Kier alpha value is -0.820. The molecule has 1 saturated carbocycles. The molecule has 1 atom stereocenters. The van der Waals surface area contributed by atoms with Crippen molar-refractivity contribution in [1.82, 2.24) is 0 Å². The Bertz CT molecular complexity index is 532. The van der Waals surface area contributed by atoms with Crippen LogP contribution in [0.5, 0.6) is 0 Å². The molecule has 1 fully saturated rings. The first-order chi connectivity index (χ1) is 13.7. The first kappa shape index (κ1) is 23.5. The zero-order valence-electron chi connectivity index (χ0n) is 18.1. The third-order valence-electron chi connectivity index (χ3n) is 6.26. The molecule has 1 aliphatic rings. The summed E-state index contributed by atoms with van der Waals surface area (Å²) in [6.07, 6.45) is 20.7. The highest BCUT2D eigenvalue weighted by molar-refractivity contribution is 6.30. The number of benzene rings is 1. The SMILES string of the molecule is CCCCCCCCCCCCCCC(C(=O)Cc1ccc(Cl)cc1)C1CC1. The van der Waals surface area contributed by atoms with Crippen LogP contribution >= 0.6 is 11.6 Å². The fraction of sp³-hybridized carbons (Fsp3) is 0.731. The van der Waals surface area contributed by atoms with E-state index < -0.39 is 0 Å². The minimum atomic E-state index is 0.304. The molecule has 0 saturated heterocycles. The lowest BCUT2D eigenvalue weighted by Gasteiger charge is -2.15. The third-order valence-corrected chi connectivity index (χ3v) is 6.52. The molecule has 1 nitrogen and oxygen atoms in total. The lowest BCUT2D eigenvalue weighted by Crippen LogP contribution is -2.19.